The van der Waals surface area contributed by atoms with E-state index in [2.05, 4.69) is 20.4 Å². The van der Waals surface area contributed by atoms with Gasteiger partial charge in [0, 0.05) is 6.20 Å². The third-order valence-corrected chi connectivity index (χ3v) is 4.31. The van der Waals surface area contributed by atoms with E-state index in [1.54, 1.807) is 0 Å². The largest absolute Gasteiger partial charge is 0.480 e. The Morgan fingerprint density at radius 2 is 1.63 bits per heavy atom. The van der Waals surface area contributed by atoms with Crippen LogP contribution in [0.15, 0.2) is 73.2 Å². The number of nitrogens with one attached hydrogen (secondary N) is 1. The average Bonchev–Trinajstić information content (AvgIpc) is 3.16. The number of carbonyl (C=O) groups is 2. The van der Waals surface area contributed by atoms with Gasteiger partial charge in [0.2, 0.25) is 0 Å². The molecule has 4 rings (SSSR count). The predicted molar refractivity (Wildman–Crippen MR) is 108 cm³/mol. The van der Waals surface area contributed by atoms with E-state index in [0.29, 0.717) is 5.39 Å². The number of carboxylic acid groups (broad SMARTS) is 1. The van der Waals surface area contributed by atoms with Crippen LogP contribution in [0.25, 0.3) is 11.0 Å². The molecule has 30 heavy (non-hydrogen) atoms. The van der Waals surface area contributed by atoms with Crippen LogP contribution in [-0.4, -0.2) is 36.9 Å². The molecule has 2 heterocycles. The molecule has 4 aromatic rings. The number of fused-ring (bicyclic) bond motifs is 1. The fourth-order valence-electron chi connectivity index (χ4n) is 3.02. The number of nitrogens with zero attached hydrogens (tertiary/aromatic N) is 4. The Morgan fingerprint density at radius 3 is 2.23 bits per heavy atom. The van der Waals surface area contributed by atoms with Gasteiger partial charge < -0.3 is 9.84 Å². The average molecular weight is 403 g/mol. The van der Waals surface area contributed by atoms with Gasteiger partial charge in [0.25, 0.3) is 0 Å². The van der Waals surface area contributed by atoms with Crippen LogP contribution < -0.4 is 5.32 Å². The Kier molecular flexibility index (Phi) is 5.33. The van der Waals surface area contributed by atoms with E-state index < -0.39 is 18.2 Å². The Labute approximate surface area is 171 Å². The first-order valence-electron chi connectivity index (χ1n) is 9.07. The Bertz CT molecular complexity index is 1140. The molecule has 0 bridgehead atoms. The SMILES string of the molecule is O=C(O)Cn1cc2c(NC(=O)OC(c3ccccc3)c3ccccc3)ncnc2n1. The number of hydrogen-bond acceptors (Lipinski definition) is 6. The van der Waals surface area contributed by atoms with Gasteiger partial charge in [-0.25, -0.2) is 14.8 Å². The second-order valence-electron chi connectivity index (χ2n) is 6.41. The van der Waals surface area contributed by atoms with Crippen molar-refractivity contribution in [3.8, 4) is 0 Å². The minimum atomic E-state index is -1.04. The van der Waals surface area contributed by atoms with E-state index in [0.717, 1.165) is 11.1 Å². The summed E-state index contributed by atoms with van der Waals surface area (Å²) >= 11 is 0. The van der Waals surface area contributed by atoms with Crippen LogP contribution in [0, 0.1) is 0 Å². The molecule has 2 aromatic heterocycles. The number of benzene rings is 2. The zero-order valence-corrected chi connectivity index (χ0v) is 15.7. The molecular weight excluding hydrogens is 386 g/mol. The van der Waals surface area contributed by atoms with Crippen LogP contribution in [0.3, 0.4) is 0 Å². The summed E-state index contributed by atoms with van der Waals surface area (Å²) in [6, 6.07) is 18.8. The number of anilines is 1. The molecule has 1 amide bonds. The molecule has 9 heteroatoms. The minimum Gasteiger partial charge on any atom is -0.480 e. The van der Waals surface area contributed by atoms with Gasteiger partial charge in [-0.3, -0.25) is 14.8 Å². The quantitative estimate of drug-likeness (QED) is 0.507. The van der Waals surface area contributed by atoms with Gasteiger partial charge in [0.1, 0.15) is 18.7 Å². The van der Waals surface area contributed by atoms with Crippen LogP contribution in [0.4, 0.5) is 10.6 Å². The zero-order valence-electron chi connectivity index (χ0n) is 15.7. The third-order valence-electron chi connectivity index (χ3n) is 4.31. The van der Waals surface area contributed by atoms with Gasteiger partial charge in [0.15, 0.2) is 11.8 Å². The van der Waals surface area contributed by atoms with Crippen molar-refractivity contribution in [1.82, 2.24) is 19.7 Å². The van der Waals surface area contributed by atoms with E-state index >= 15 is 0 Å². The highest BCUT2D eigenvalue weighted by Crippen LogP contribution is 2.27. The first-order valence-corrected chi connectivity index (χ1v) is 9.07. The van der Waals surface area contributed by atoms with E-state index in [1.807, 2.05) is 60.7 Å². The molecular formula is C21H17N5O4. The highest BCUT2D eigenvalue weighted by molar-refractivity contribution is 5.95. The monoisotopic (exact) mass is 403 g/mol. The first-order chi connectivity index (χ1) is 14.6. The lowest BCUT2D eigenvalue weighted by molar-refractivity contribution is -0.137. The molecule has 0 aliphatic rings. The molecule has 0 saturated carbocycles. The normalized spacial score (nSPS) is 10.8. The van der Waals surface area contributed by atoms with Crippen molar-refractivity contribution < 1.29 is 19.4 Å². The lowest BCUT2D eigenvalue weighted by atomic mass is 10.0. The van der Waals surface area contributed by atoms with Gasteiger partial charge in [-0.05, 0) is 11.1 Å². The lowest BCUT2D eigenvalue weighted by Gasteiger charge is -2.19. The highest BCUT2D eigenvalue weighted by atomic mass is 16.6. The van der Waals surface area contributed by atoms with Crippen LogP contribution in [0.1, 0.15) is 17.2 Å². The van der Waals surface area contributed by atoms with Crippen LogP contribution in [0.2, 0.25) is 0 Å². The number of amides is 1. The van der Waals surface area contributed by atoms with E-state index in [9.17, 15) is 9.59 Å². The van der Waals surface area contributed by atoms with Crippen LogP contribution >= 0.6 is 0 Å². The fourth-order valence-corrected chi connectivity index (χ4v) is 3.02. The number of ether oxygens (including phenoxy) is 1. The summed E-state index contributed by atoms with van der Waals surface area (Å²) in [7, 11) is 0. The van der Waals surface area contributed by atoms with Crippen molar-refractivity contribution in [3.05, 3.63) is 84.3 Å². The molecule has 0 aliphatic carbocycles. The Hall–Kier alpha value is -4.27. The summed E-state index contributed by atoms with van der Waals surface area (Å²) in [5, 5.41) is 16.0. The Balaban J connectivity index is 1.58. The maximum Gasteiger partial charge on any atom is 0.413 e. The van der Waals surface area contributed by atoms with Gasteiger partial charge in [-0.2, -0.15) is 5.10 Å². The molecule has 0 aliphatic heterocycles. The molecule has 0 unspecified atom stereocenters. The van der Waals surface area contributed by atoms with Crippen molar-refractivity contribution in [1.29, 1.82) is 0 Å². The minimum absolute atomic E-state index is 0.182. The molecule has 2 N–H and O–H groups in total. The smallest absolute Gasteiger partial charge is 0.413 e. The standard InChI is InChI=1S/C21H17N5O4/c27-17(28)12-26-11-16-19(22-13-23-20(16)25-26)24-21(29)30-18(14-7-3-1-4-8-14)15-9-5-2-6-10-15/h1-11,13,18H,12H2,(H,27,28)(H,22,23,24,25,29). The number of aromatic nitrogens is 4. The van der Waals surface area contributed by atoms with Gasteiger partial charge in [-0.1, -0.05) is 60.7 Å². The predicted octanol–water partition coefficient (Wildman–Crippen LogP) is 3.25. The van der Waals surface area contributed by atoms with Gasteiger partial charge in [0.05, 0.1) is 5.39 Å². The summed E-state index contributed by atoms with van der Waals surface area (Å²) in [5.41, 5.74) is 1.91. The zero-order chi connectivity index (χ0) is 20.9. The number of carboxylic acids is 1. The molecule has 2 aromatic carbocycles. The van der Waals surface area contributed by atoms with Gasteiger partial charge >= 0.3 is 12.1 Å². The number of carbonyl (C=O) groups excluding carboxylic acids is 1. The van der Waals surface area contributed by atoms with Crippen molar-refractivity contribution in [2.24, 2.45) is 0 Å². The fraction of sp³-hybridized carbons (Fsp3) is 0.0952. The lowest BCUT2D eigenvalue weighted by Crippen LogP contribution is -2.19. The molecule has 0 atom stereocenters. The molecule has 0 radical (unpaired) electrons. The molecule has 150 valence electrons. The molecule has 0 spiro atoms. The molecule has 9 nitrogen and oxygen atoms in total. The van der Waals surface area contributed by atoms with Crippen molar-refractivity contribution in [2.75, 3.05) is 5.32 Å². The number of rotatable bonds is 6. The Morgan fingerprint density at radius 1 is 1.00 bits per heavy atom. The summed E-state index contributed by atoms with van der Waals surface area (Å²) in [6.07, 6.45) is 1.38. The summed E-state index contributed by atoms with van der Waals surface area (Å²) in [6.45, 7) is -0.329. The summed E-state index contributed by atoms with van der Waals surface area (Å²) in [4.78, 5) is 31.7. The number of aliphatic carboxylic acids is 1. The second kappa shape index (κ2) is 8.39. The first kappa shape index (κ1) is 19.1. The topological polar surface area (TPSA) is 119 Å². The van der Waals surface area contributed by atoms with Crippen molar-refractivity contribution >= 4 is 28.9 Å². The van der Waals surface area contributed by atoms with Crippen molar-refractivity contribution in [3.63, 3.8) is 0 Å². The third kappa shape index (κ3) is 4.25. The maximum absolute atomic E-state index is 12.7. The van der Waals surface area contributed by atoms with Crippen molar-refractivity contribution in [2.45, 2.75) is 12.6 Å². The highest BCUT2D eigenvalue weighted by Gasteiger charge is 2.20. The van der Waals surface area contributed by atoms with Crippen LogP contribution in [0.5, 0.6) is 0 Å². The summed E-state index contributed by atoms with van der Waals surface area (Å²) in [5.74, 6) is -0.861. The van der Waals surface area contributed by atoms with Gasteiger partial charge in [-0.15, -0.1) is 0 Å². The maximum atomic E-state index is 12.7. The number of hydrogen-bond donors (Lipinski definition) is 2. The van der Waals surface area contributed by atoms with E-state index in [1.165, 1.54) is 17.2 Å². The van der Waals surface area contributed by atoms with E-state index in [-0.39, 0.29) is 18.0 Å². The summed E-state index contributed by atoms with van der Waals surface area (Å²) < 4.78 is 6.93. The van der Waals surface area contributed by atoms with E-state index in [4.69, 9.17) is 9.84 Å². The second-order valence-corrected chi connectivity index (χ2v) is 6.41. The molecule has 0 fully saturated rings. The molecule has 0 saturated heterocycles. The van der Waals surface area contributed by atoms with Crippen LogP contribution in [-0.2, 0) is 16.1 Å².